The van der Waals surface area contributed by atoms with Crippen LogP contribution in [0.3, 0.4) is 0 Å². The van der Waals surface area contributed by atoms with Gasteiger partial charge in [-0.25, -0.2) is 14.5 Å². The number of carbonyl (C=O) groups excluding carboxylic acids is 1. The first-order valence-corrected chi connectivity index (χ1v) is 10.1. The molecule has 0 unspecified atom stereocenters. The molecule has 0 aliphatic carbocycles. The van der Waals surface area contributed by atoms with Gasteiger partial charge in [0.15, 0.2) is 5.65 Å². The third-order valence-electron chi connectivity index (χ3n) is 5.53. The second kappa shape index (κ2) is 8.27. The van der Waals surface area contributed by atoms with E-state index in [1.54, 1.807) is 24.0 Å². The van der Waals surface area contributed by atoms with Crippen LogP contribution >= 0.6 is 0 Å². The van der Waals surface area contributed by atoms with Crippen LogP contribution in [0.4, 0.5) is 5.82 Å². The molecule has 1 fully saturated rings. The summed E-state index contributed by atoms with van der Waals surface area (Å²) in [6.07, 6.45) is 5.37. The van der Waals surface area contributed by atoms with E-state index in [9.17, 15) is 4.79 Å². The molecule has 3 aromatic heterocycles. The number of fused-ring (bicyclic) bond motifs is 1. The largest absolute Gasteiger partial charge is 0.481 e. The molecule has 1 aliphatic heterocycles. The molecule has 3 aromatic rings. The van der Waals surface area contributed by atoms with E-state index in [0.29, 0.717) is 32.1 Å². The average molecular weight is 409 g/mol. The highest BCUT2D eigenvalue weighted by Gasteiger charge is 2.27. The molecule has 0 radical (unpaired) electrons. The van der Waals surface area contributed by atoms with Crippen LogP contribution in [-0.2, 0) is 4.79 Å². The van der Waals surface area contributed by atoms with E-state index >= 15 is 0 Å². The molecule has 4 heterocycles. The molecule has 9 nitrogen and oxygen atoms in total. The standard InChI is InChI=1S/C21H27N7O2/c1-14(2)18(22)21(29)27-11-9-26(10-12-27)17-6-8-28-19(25-17)16(13-24-28)15-5-4-7-23-20(15)30-3/h4-8,13-14,18H,9-12,22H2,1-3H3/t18-/m0/s1. The van der Waals surface area contributed by atoms with E-state index in [4.69, 9.17) is 15.5 Å². The Morgan fingerprint density at radius 1 is 1.17 bits per heavy atom. The van der Waals surface area contributed by atoms with E-state index in [2.05, 4.69) is 15.0 Å². The van der Waals surface area contributed by atoms with E-state index in [0.717, 1.165) is 22.6 Å². The van der Waals surface area contributed by atoms with Crippen molar-refractivity contribution in [3.63, 3.8) is 0 Å². The zero-order chi connectivity index (χ0) is 21.3. The summed E-state index contributed by atoms with van der Waals surface area (Å²) < 4.78 is 7.14. The topological polar surface area (TPSA) is 102 Å². The van der Waals surface area contributed by atoms with Crippen LogP contribution in [0.25, 0.3) is 16.8 Å². The Morgan fingerprint density at radius 2 is 1.93 bits per heavy atom. The molecule has 9 heteroatoms. The number of rotatable bonds is 5. The van der Waals surface area contributed by atoms with Gasteiger partial charge >= 0.3 is 0 Å². The lowest BCUT2D eigenvalue weighted by molar-refractivity contribution is -0.133. The second-order valence-corrected chi connectivity index (χ2v) is 7.75. The molecule has 30 heavy (non-hydrogen) atoms. The number of nitrogens with two attached hydrogens (primary N) is 1. The van der Waals surface area contributed by atoms with Crippen molar-refractivity contribution >= 4 is 17.4 Å². The number of hydrogen-bond acceptors (Lipinski definition) is 7. The predicted octanol–water partition coefficient (Wildman–Crippen LogP) is 1.43. The van der Waals surface area contributed by atoms with E-state index < -0.39 is 6.04 Å². The number of nitrogens with zero attached hydrogens (tertiary/aromatic N) is 6. The summed E-state index contributed by atoms with van der Waals surface area (Å²) in [5.74, 6) is 1.54. The molecule has 1 saturated heterocycles. The van der Waals surface area contributed by atoms with Crippen LogP contribution in [0.1, 0.15) is 13.8 Å². The Balaban J connectivity index is 1.56. The van der Waals surface area contributed by atoms with Gasteiger partial charge < -0.3 is 20.3 Å². The first kappa shape index (κ1) is 20.1. The number of ether oxygens (including phenoxy) is 1. The predicted molar refractivity (Wildman–Crippen MR) is 114 cm³/mol. The quantitative estimate of drug-likeness (QED) is 0.680. The highest BCUT2D eigenvalue weighted by molar-refractivity contribution is 5.82. The fourth-order valence-electron chi connectivity index (χ4n) is 3.64. The Morgan fingerprint density at radius 3 is 2.63 bits per heavy atom. The van der Waals surface area contributed by atoms with Crippen LogP contribution in [0, 0.1) is 5.92 Å². The lowest BCUT2D eigenvalue weighted by Gasteiger charge is -2.37. The third-order valence-corrected chi connectivity index (χ3v) is 5.53. The number of anilines is 1. The number of carbonyl (C=O) groups is 1. The Bertz CT molecular complexity index is 1040. The molecule has 0 saturated carbocycles. The van der Waals surface area contributed by atoms with Crippen LogP contribution in [0.5, 0.6) is 5.88 Å². The monoisotopic (exact) mass is 409 g/mol. The van der Waals surface area contributed by atoms with Crippen LogP contribution in [0.15, 0.2) is 36.8 Å². The molecule has 1 aliphatic rings. The van der Waals surface area contributed by atoms with E-state index in [-0.39, 0.29) is 11.8 Å². The summed E-state index contributed by atoms with van der Waals surface area (Å²) in [7, 11) is 1.60. The average Bonchev–Trinajstić information content (AvgIpc) is 3.21. The van der Waals surface area contributed by atoms with E-state index in [1.807, 2.05) is 43.1 Å². The van der Waals surface area contributed by atoms with Crippen LogP contribution < -0.4 is 15.4 Å². The number of methoxy groups -OCH3 is 1. The zero-order valence-electron chi connectivity index (χ0n) is 17.5. The maximum atomic E-state index is 12.5. The Hall–Kier alpha value is -3.20. The fourth-order valence-corrected chi connectivity index (χ4v) is 3.64. The van der Waals surface area contributed by atoms with Crippen molar-refractivity contribution in [3.8, 4) is 17.0 Å². The summed E-state index contributed by atoms with van der Waals surface area (Å²) in [6.45, 7) is 6.62. The van der Waals surface area contributed by atoms with Crippen molar-refractivity contribution in [2.75, 3.05) is 38.2 Å². The molecule has 0 bridgehead atoms. The molecular weight excluding hydrogens is 382 g/mol. The van der Waals surface area contributed by atoms with Gasteiger partial charge in [-0.1, -0.05) is 13.8 Å². The Kier molecular flexibility index (Phi) is 5.54. The van der Waals surface area contributed by atoms with Crippen molar-refractivity contribution in [2.45, 2.75) is 19.9 Å². The van der Waals surface area contributed by atoms with Crippen molar-refractivity contribution < 1.29 is 9.53 Å². The molecule has 4 rings (SSSR count). The number of amides is 1. The molecule has 0 aromatic carbocycles. The summed E-state index contributed by atoms with van der Waals surface area (Å²) in [5, 5.41) is 4.41. The van der Waals surface area contributed by atoms with Crippen molar-refractivity contribution in [3.05, 3.63) is 36.8 Å². The molecule has 158 valence electrons. The van der Waals surface area contributed by atoms with Crippen molar-refractivity contribution in [2.24, 2.45) is 11.7 Å². The third kappa shape index (κ3) is 3.68. The van der Waals surface area contributed by atoms with Gasteiger partial charge in [-0.05, 0) is 24.1 Å². The molecule has 0 spiro atoms. The van der Waals surface area contributed by atoms with Crippen molar-refractivity contribution in [1.29, 1.82) is 0 Å². The summed E-state index contributed by atoms with van der Waals surface area (Å²) in [5.41, 5.74) is 8.48. The van der Waals surface area contributed by atoms with Crippen LogP contribution in [0.2, 0.25) is 0 Å². The molecule has 1 atom stereocenters. The lowest BCUT2D eigenvalue weighted by atomic mass is 10.0. The minimum Gasteiger partial charge on any atom is -0.481 e. The molecular formula is C21H27N7O2. The molecule has 2 N–H and O–H groups in total. The minimum atomic E-state index is -0.449. The van der Waals surface area contributed by atoms with Crippen molar-refractivity contribution in [1.82, 2.24) is 24.5 Å². The van der Waals surface area contributed by atoms with Gasteiger partial charge in [0.1, 0.15) is 5.82 Å². The number of aromatic nitrogens is 4. The lowest BCUT2D eigenvalue weighted by Crippen LogP contribution is -2.54. The number of pyridine rings is 1. The van der Waals surface area contributed by atoms with Crippen LogP contribution in [-0.4, -0.2) is 69.7 Å². The summed E-state index contributed by atoms with van der Waals surface area (Å²) in [6, 6.07) is 5.31. The second-order valence-electron chi connectivity index (χ2n) is 7.75. The van der Waals surface area contributed by atoms with Gasteiger partial charge in [-0.2, -0.15) is 5.10 Å². The summed E-state index contributed by atoms with van der Waals surface area (Å²) >= 11 is 0. The van der Waals surface area contributed by atoms with Gasteiger partial charge in [-0.15, -0.1) is 0 Å². The Labute approximate surface area is 175 Å². The minimum absolute atomic E-state index is 0.0230. The first-order valence-electron chi connectivity index (χ1n) is 10.1. The van der Waals surface area contributed by atoms with E-state index in [1.165, 1.54) is 0 Å². The zero-order valence-corrected chi connectivity index (χ0v) is 17.5. The fraction of sp³-hybridized carbons (Fsp3) is 0.429. The molecule has 1 amide bonds. The highest BCUT2D eigenvalue weighted by atomic mass is 16.5. The number of piperazine rings is 1. The van der Waals surface area contributed by atoms with Gasteiger partial charge in [0.05, 0.1) is 24.9 Å². The number of hydrogen-bond donors (Lipinski definition) is 1. The first-order chi connectivity index (χ1) is 14.5. The SMILES string of the molecule is COc1ncccc1-c1cnn2ccc(N3CCN(C(=O)[C@@H](N)C(C)C)CC3)nc12. The maximum Gasteiger partial charge on any atom is 0.239 e. The maximum absolute atomic E-state index is 12.5. The van der Waals surface area contributed by atoms with Gasteiger partial charge in [0, 0.05) is 44.1 Å². The summed E-state index contributed by atoms with van der Waals surface area (Å²) in [4.78, 5) is 25.7. The normalized spacial score (nSPS) is 15.6. The van der Waals surface area contributed by atoms with Gasteiger partial charge in [0.25, 0.3) is 0 Å². The smallest absolute Gasteiger partial charge is 0.239 e. The highest BCUT2D eigenvalue weighted by Crippen LogP contribution is 2.31. The van der Waals surface area contributed by atoms with Gasteiger partial charge in [-0.3, -0.25) is 4.79 Å². The van der Waals surface area contributed by atoms with Gasteiger partial charge in [0.2, 0.25) is 11.8 Å².